The summed E-state index contributed by atoms with van der Waals surface area (Å²) in [6.45, 7) is 2.99. The highest BCUT2D eigenvalue weighted by atomic mass is 35.5. The molecule has 1 aromatic rings. The zero-order valence-electron chi connectivity index (χ0n) is 11.3. The summed E-state index contributed by atoms with van der Waals surface area (Å²) in [5, 5.41) is 11.7. The molecule has 0 spiro atoms. The number of carboxylic acids is 1. The predicted octanol–water partition coefficient (Wildman–Crippen LogP) is 2.90. The molecule has 0 saturated carbocycles. The second kappa shape index (κ2) is 6.59. The van der Waals surface area contributed by atoms with Gasteiger partial charge in [0.1, 0.15) is 0 Å². The van der Waals surface area contributed by atoms with Gasteiger partial charge in [0.2, 0.25) is 5.91 Å². The topological polar surface area (TPSA) is 57.6 Å². The van der Waals surface area contributed by atoms with E-state index in [0.717, 1.165) is 4.88 Å². The monoisotopic (exact) mass is 315 g/mol. The van der Waals surface area contributed by atoms with E-state index < -0.39 is 5.97 Å². The molecule has 2 heterocycles. The summed E-state index contributed by atoms with van der Waals surface area (Å²) in [7, 11) is 0. The molecule has 1 aliphatic rings. The highest BCUT2D eigenvalue weighted by molar-refractivity contribution is 7.10. The van der Waals surface area contributed by atoms with Gasteiger partial charge in [0.15, 0.2) is 0 Å². The van der Waals surface area contributed by atoms with Crippen molar-refractivity contribution in [3.05, 3.63) is 21.3 Å². The first-order valence-corrected chi connectivity index (χ1v) is 7.96. The van der Waals surface area contributed by atoms with Crippen LogP contribution in [0.1, 0.15) is 24.6 Å². The van der Waals surface area contributed by atoms with E-state index in [2.05, 4.69) is 0 Å². The van der Waals surface area contributed by atoms with Gasteiger partial charge in [0.05, 0.1) is 10.9 Å². The Morgan fingerprint density at radius 2 is 2.30 bits per heavy atom. The second-order valence-corrected chi connectivity index (χ2v) is 6.71. The Bertz CT molecular complexity index is 502. The summed E-state index contributed by atoms with van der Waals surface area (Å²) in [6.07, 6.45) is 1.71. The fourth-order valence-corrected chi connectivity index (χ4v) is 3.69. The summed E-state index contributed by atoms with van der Waals surface area (Å²) < 4.78 is 0. The molecule has 0 aliphatic carbocycles. The molecular weight excluding hydrogens is 298 g/mol. The molecule has 1 aromatic heterocycles. The molecule has 6 heteroatoms. The van der Waals surface area contributed by atoms with Gasteiger partial charge in [-0.15, -0.1) is 11.3 Å². The maximum Gasteiger partial charge on any atom is 0.306 e. The lowest BCUT2D eigenvalue weighted by atomic mass is 9.87. The maximum absolute atomic E-state index is 12.2. The lowest BCUT2D eigenvalue weighted by Crippen LogP contribution is -2.45. The van der Waals surface area contributed by atoms with Crippen LogP contribution < -0.4 is 0 Å². The lowest BCUT2D eigenvalue weighted by molar-refractivity contribution is -0.148. The van der Waals surface area contributed by atoms with Gasteiger partial charge in [-0.3, -0.25) is 9.59 Å². The number of likely N-dealkylation sites (tertiary alicyclic amines) is 1. The number of nitrogens with zero attached hydrogens (tertiary/aromatic N) is 1. The highest BCUT2D eigenvalue weighted by Gasteiger charge is 2.32. The number of hydrogen-bond donors (Lipinski definition) is 1. The molecule has 20 heavy (non-hydrogen) atoms. The van der Waals surface area contributed by atoms with Crippen molar-refractivity contribution in [3.8, 4) is 0 Å². The molecular formula is C14H18ClNO3S. The van der Waals surface area contributed by atoms with E-state index in [-0.39, 0.29) is 17.7 Å². The molecule has 2 rings (SSSR count). The van der Waals surface area contributed by atoms with E-state index >= 15 is 0 Å². The van der Waals surface area contributed by atoms with Crippen molar-refractivity contribution in [1.82, 2.24) is 4.90 Å². The van der Waals surface area contributed by atoms with Crippen molar-refractivity contribution in [2.75, 3.05) is 13.1 Å². The number of amides is 1. The first kappa shape index (κ1) is 15.3. The van der Waals surface area contributed by atoms with Crippen molar-refractivity contribution in [2.24, 2.45) is 11.8 Å². The molecule has 1 saturated heterocycles. The van der Waals surface area contributed by atoms with Crippen molar-refractivity contribution in [3.63, 3.8) is 0 Å². The molecule has 0 radical (unpaired) electrons. The molecule has 2 atom stereocenters. The van der Waals surface area contributed by atoms with E-state index in [1.54, 1.807) is 16.2 Å². The minimum atomic E-state index is -0.752. The summed E-state index contributed by atoms with van der Waals surface area (Å²) in [6, 6.07) is 1.89. The Morgan fingerprint density at radius 3 is 2.85 bits per heavy atom. The molecule has 1 N–H and O–H groups in total. The minimum Gasteiger partial charge on any atom is -0.481 e. The fourth-order valence-electron chi connectivity index (χ4n) is 2.61. The van der Waals surface area contributed by atoms with Crippen LogP contribution in [0.25, 0.3) is 0 Å². The predicted molar refractivity (Wildman–Crippen MR) is 79.1 cm³/mol. The average Bonchev–Trinajstić information content (AvgIpc) is 2.81. The summed E-state index contributed by atoms with van der Waals surface area (Å²) >= 11 is 7.41. The molecule has 1 fully saturated rings. The van der Waals surface area contributed by atoms with Gasteiger partial charge in [-0.05, 0) is 24.8 Å². The SMILES string of the molecule is CC1CN(C(=O)CCc2cc(Cl)cs2)CCC1C(=O)O. The number of carbonyl (C=O) groups excluding carboxylic acids is 1. The molecule has 1 amide bonds. The Labute approximate surface area is 127 Å². The summed E-state index contributed by atoms with van der Waals surface area (Å²) in [4.78, 5) is 26.1. The Kier molecular flexibility index (Phi) is 5.05. The van der Waals surface area contributed by atoms with Crippen LogP contribution in [-0.4, -0.2) is 35.0 Å². The number of rotatable bonds is 4. The zero-order chi connectivity index (χ0) is 14.7. The first-order chi connectivity index (χ1) is 9.47. The van der Waals surface area contributed by atoms with E-state index in [4.69, 9.17) is 16.7 Å². The fraction of sp³-hybridized carbons (Fsp3) is 0.571. The third-order valence-electron chi connectivity index (χ3n) is 3.78. The van der Waals surface area contributed by atoms with Gasteiger partial charge in [-0.2, -0.15) is 0 Å². The molecule has 110 valence electrons. The zero-order valence-corrected chi connectivity index (χ0v) is 12.9. The second-order valence-electron chi connectivity index (χ2n) is 5.28. The molecule has 2 unspecified atom stereocenters. The number of thiophene rings is 1. The Hall–Kier alpha value is -1.07. The first-order valence-electron chi connectivity index (χ1n) is 6.71. The third kappa shape index (κ3) is 3.73. The number of carboxylic acid groups (broad SMARTS) is 1. The van der Waals surface area contributed by atoms with Crippen LogP contribution in [0.2, 0.25) is 5.02 Å². The van der Waals surface area contributed by atoms with Crippen molar-refractivity contribution in [2.45, 2.75) is 26.2 Å². The van der Waals surface area contributed by atoms with Crippen molar-refractivity contribution >= 4 is 34.8 Å². The van der Waals surface area contributed by atoms with Gasteiger partial charge in [0, 0.05) is 29.8 Å². The van der Waals surface area contributed by atoms with Gasteiger partial charge in [-0.1, -0.05) is 18.5 Å². The van der Waals surface area contributed by atoms with Crippen LogP contribution in [0.3, 0.4) is 0 Å². The number of carbonyl (C=O) groups is 2. The van der Waals surface area contributed by atoms with Gasteiger partial charge in [-0.25, -0.2) is 0 Å². The molecule has 0 aromatic carbocycles. The van der Waals surface area contributed by atoms with Crippen molar-refractivity contribution in [1.29, 1.82) is 0 Å². The Balaban J connectivity index is 1.83. The highest BCUT2D eigenvalue weighted by Crippen LogP contribution is 2.25. The molecule has 0 bridgehead atoms. The summed E-state index contributed by atoms with van der Waals surface area (Å²) in [5.74, 6) is -0.959. The largest absolute Gasteiger partial charge is 0.481 e. The Morgan fingerprint density at radius 1 is 1.55 bits per heavy atom. The van der Waals surface area contributed by atoms with Crippen LogP contribution in [0.4, 0.5) is 0 Å². The minimum absolute atomic E-state index is 0.0152. The standard InChI is InChI=1S/C14H18ClNO3S/c1-9-7-16(5-4-12(9)14(18)19)13(17)3-2-11-6-10(15)8-20-11/h6,8-9,12H,2-5,7H2,1H3,(H,18,19). The van der Waals surface area contributed by atoms with E-state index in [9.17, 15) is 9.59 Å². The van der Waals surface area contributed by atoms with E-state index in [1.165, 1.54) is 0 Å². The van der Waals surface area contributed by atoms with Crippen molar-refractivity contribution < 1.29 is 14.7 Å². The molecule has 4 nitrogen and oxygen atoms in total. The lowest BCUT2D eigenvalue weighted by Gasteiger charge is -2.35. The number of aryl methyl sites for hydroxylation is 1. The van der Waals surface area contributed by atoms with Crippen LogP contribution in [0, 0.1) is 11.8 Å². The average molecular weight is 316 g/mol. The van der Waals surface area contributed by atoms with Crippen LogP contribution in [0.15, 0.2) is 11.4 Å². The number of halogens is 1. The van der Waals surface area contributed by atoms with Gasteiger partial charge < -0.3 is 10.0 Å². The van der Waals surface area contributed by atoms with Crippen LogP contribution in [0.5, 0.6) is 0 Å². The summed E-state index contributed by atoms with van der Waals surface area (Å²) in [5.41, 5.74) is 0. The van der Waals surface area contributed by atoms with Crippen LogP contribution >= 0.6 is 22.9 Å². The van der Waals surface area contributed by atoms with Crippen LogP contribution in [-0.2, 0) is 16.0 Å². The molecule has 1 aliphatic heterocycles. The normalized spacial score (nSPS) is 22.8. The van der Waals surface area contributed by atoms with Gasteiger partial charge in [0.25, 0.3) is 0 Å². The van der Waals surface area contributed by atoms with Gasteiger partial charge >= 0.3 is 5.97 Å². The number of hydrogen-bond acceptors (Lipinski definition) is 3. The quantitative estimate of drug-likeness (QED) is 0.929. The maximum atomic E-state index is 12.2. The number of piperidine rings is 1. The number of aliphatic carboxylic acids is 1. The van der Waals surface area contributed by atoms with E-state index in [1.807, 2.05) is 18.4 Å². The van der Waals surface area contributed by atoms with E-state index in [0.29, 0.717) is 37.4 Å². The smallest absolute Gasteiger partial charge is 0.306 e. The third-order valence-corrected chi connectivity index (χ3v) is 5.13.